The first kappa shape index (κ1) is 21.4. The fourth-order valence-corrected chi connectivity index (χ4v) is 4.04. The number of H-pyrrole nitrogens is 1. The van der Waals surface area contributed by atoms with Gasteiger partial charge in [0.2, 0.25) is 0 Å². The molecule has 0 saturated heterocycles. The van der Waals surface area contributed by atoms with Crippen molar-refractivity contribution in [3.63, 3.8) is 0 Å². The first-order valence-corrected chi connectivity index (χ1v) is 10.8. The summed E-state index contributed by atoms with van der Waals surface area (Å²) in [6.45, 7) is -0.326. The van der Waals surface area contributed by atoms with Crippen LogP contribution in [-0.4, -0.2) is 30.9 Å². The number of amides is 1. The van der Waals surface area contributed by atoms with E-state index in [1.165, 1.54) is 0 Å². The third-order valence-corrected chi connectivity index (χ3v) is 5.73. The summed E-state index contributed by atoms with van der Waals surface area (Å²) in [6, 6.07) is 12.9. The molecule has 0 aliphatic rings. The van der Waals surface area contributed by atoms with E-state index in [4.69, 9.17) is 23.2 Å². The number of fused-ring (bicyclic) bond motifs is 2. The Morgan fingerprint density at radius 2 is 1.97 bits per heavy atom. The Bertz CT molecular complexity index is 1500. The molecule has 0 spiro atoms. The molecule has 0 unspecified atom stereocenters. The number of aromatic nitrogens is 5. The van der Waals surface area contributed by atoms with Crippen molar-refractivity contribution in [1.29, 1.82) is 0 Å². The molecule has 10 heteroatoms. The van der Waals surface area contributed by atoms with Crippen LogP contribution in [0.2, 0.25) is 10.0 Å². The SMILES string of the molecule is O=C(NCc1n[nH]c2ccc(Cl)cc12)c1cn(Cc2ccc3ncc(Cl)cc3c2)nc1CF. The molecule has 0 atom stereocenters. The highest BCUT2D eigenvalue weighted by atomic mass is 35.5. The molecule has 0 aliphatic heterocycles. The van der Waals surface area contributed by atoms with E-state index in [9.17, 15) is 9.18 Å². The summed E-state index contributed by atoms with van der Waals surface area (Å²) < 4.78 is 15.2. The first-order valence-electron chi connectivity index (χ1n) is 10.1. The molecule has 3 aromatic heterocycles. The number of benzene rings is 2. The molecule has 1 amide bonds. The van der Waals surface area contributed by atoms with E-state index in [2.05, 4.69) is 25.6 Å². The van der Waals surface area contributed by atoms with Crippen molar-refractivity contribution in [3.05, 3.63) is 87.4 Å². The van der Waals surface area contributed by atoms with Crippen molar-refractivity contribution in [1.82, 2.24) is 30.3 Å². The van der Waals surface area contributed by atoms with Crippen LogP contribution in [0.15, 0.2) is 54.9 Å². The zero-order valence-corrected chi connectivity index (χ0v) is 18.7. The van der Waals surface area contributed by atoms with Crippen molar-refractivity contribution < 1.29 is 9.18 Å². The average molecular weight is 483 g/mol. The van der Waals surface area contributed by atoms with Gasteiger partial charge in [-0.2, -0.15) is 10.2 Å². The van der Waals surface area contributed by atoms with Crippen LogP contribution in [-0.2, 0) is 19.8 Å². The second-order valence-corrected chi connectivity index (χ2v) is 8.42. The van der Waals surface area contributed by atoms with Gasteiger partial charge in [0, 0.05) is 28.2 Å². The van der Waals surface area contributed by atoms with Gasteiger partial charge in [-0.1, -0.05) is 29.3 Å². The number of carbonyl (C=O) groups is 1. The molecule has 5 aromatic rings. The number of rotatable bonds is 6. The monoisotopic (exact) mass is 482 g/mol. The number of nitrogens with zero attached hydrogens (tertiary/aromatic N) is 4. The second-order valence-electron chi connectivity index (χ2n) is 7.54. The van der Waals surface area contributed by atoms with E-state index in [0.29, 0.717) is 22.3 Å². The van der Waals surface area contributed by atoms with E-state index in [-0.39, 0.29) is 17.8 Å². The second kappa shape index (κ2) is 8.80. The molecule has 33 heavy (non-hydrogen) atoms. The van der Waals surface area contributed by atoms with Gasteiger partial charge in [-0.05, 0) is 42.0 Å². The van der Waals surface area contributed by atoms with Gasteiger partial charge in [0.05, 0.1) is 40.4 Å². The zero-order chi connectivity index (χ0) is 22.9. The molecule has 0 aliphatic carbocycles. The van der Waals surface area contributed by atoms with Crippen molar-refractivity contribution in [2.45, 2.75) is 19.8 Å². The average Bonchev–Trinajstić information content (AvgIpc) is 3.40. The number of alkyl halides is 1. The quantitative estimate of drug-likeness (QED) is 0.353. The normalized spacial score (nSPS) is 11.4. The third kappa shape index (κ3) is 4.40. The third-order valence-electron chi connectivity index (χ3n) is 5.29. The van der Waals surface area contributed by atoms with Gasteiger partial charge in [-0.3, -0.25) is 19.6 Å². The lowest BCUT2D eigenvalue weighted by atomic mass is 10.1. The number of halogens is 3. The van der Waals surface area contributed by atoms with Gasteiger partial charge in [-0.25, -0.2) is 4.39 Å². The fraction of sp³-hybridized carbons (Fsp3) is 0.130. The fourth-order valence-electron chi connectivity index (χ4n) is 3.70. The molecule has 7 nitrogen and oxygen atoms in total. The predicted octanol–water partition coefficient (Wildman–Crippen LogP) is 5.06. The number of carbonyl (C=O) groups excluding carboxylic acids is 1. The topological polar surface area (TPSA) is 88.5 Å². The van der Waals surface area contributed by atoms with E-state index >= 15 is 0 Å². The Morgan fingerprint density at radius 3 is 2.82 bits per heavy atom. The summed E-state index contributed by atoms with van der Waals surface area (Å²) in [5.41, 5.74) is 3.45. The Balaban J connectivity index is 1.34. The van der Waals surface area contributed by atoms with E-state index in [0.717, 1.165) is 27.4 Å². The molecule has 0 fully saturated rings. The lowest BCUT2D eigenvalue weighted by Gasteiger charge is -2.04. The van der Waals surface area contributed by atoms with Crippen LogP contribution in [0.3, 0.4) is 0 Å². The lowest BCUT2D eigenvalue weighted by molar-refractivity contribution is 0.0949. The number of pyridine rings is 1. The number of nitrogens with one attached hydrogen (secondary N) is 2. The molecule has 0 bridgehead atoms. The van der Waals surface area contributed by atoms with Gasteiger partial charge in [0.25, 0.3) is 5.91 Å². The van der Waals surface area contributed by atoms with Gasteiger partial charge < -0.3 is 5.32 Å². The molecule has 0 saturated carbocycles. The predicted molar refractivity (Wildman–Crippen MR) is 125 cm³/mol. The minimum atomic E-state index is -0.853. The Labute approximate surface area is 197 Å². The summed E-state index contributed by atoms with van der Waals surface area (Å²) in [7, 11) is 0. The van der Waals surface area contributed by atoms with Gasteiger partial charge in [0.1, 0.15) is 12.4 Å². The van der Waals surface area contributed by atoms with E-state index in [1.54, 1.807) is 29.2 Å². The molecular weight excluding hydrogens is 466 g/mol. The summed E-state index contributed by atoms with van der Waals surface area (Å²) in [4.78, 5) is 17.1. The van der Waals surface area contributed by atoms with Crippen LogP contribution < -0.4 is 5.32 Å². The van der Waals surface area contributed by atoms with Crippen LogP contribution >= 0.6 is 23.2 Å². The van der Waals surface area contributed by atoms with Crippen LogP contribution in [0.25, 0.3) is 21.8 Å². The molecule has 2 N–H and O–H groups in total. The molecule has 3 heterocycles. The van der Waals surface area contributed by atoms with Crippen molar-refractivity contribution >= 4 is 50.9 Å². The van der Waals surface area contributed by atoms with E-state index < -0.39 is 12.6 Å². The largest absolute Gasteiger partial charge is 0.346 e. The molecule has 0 radical (unpaired) electrons. The summed E-state index contributed by atoms with van der Waals surface area (Å²) in [5, 5.41) is 17.0. The van der Waals surface area contributed by atoms with E-state index in [1.807, 2.05) is 30.3 Å². The van der Waals surface area contributed by atoms with Crippen LogP contribution in [0.4, 0.5) is 4.39 Å². The highest BCUT2D eigenvalue weighted by molar-refractivity contribution is 6.31. The lowest BCUT2D eigenvalue weighted by Crippen LogP contribution is -2.23. The number of aromatic amines is 1. The Kier molecular flexibility index (Phi) is 5.70. The summed E-state index contributed by atoms with van der Waals surface area (Å²) >= 11 is 12.1. The van der Waals surface area contributed by atoms with Gasteiger partial charge in [-0.15, -0.1) is 0 Å². The number of hydrogen-bond acceptors (Lipinski definition) is 4. The minimum Gasteiger partial charge on any atom is -0.346 e. The summed E-state index contributed by atoms with van der Waals surface area (Å²) in [6.07, 6.45) is 3.14. The highest BCUT2D eigenvalue weighted by Crippen LogP contribution is 2.21. The maximum Gasteiger partial charge on any atom is 0.255 e. The van der Waals surface area contributed by atoms with Crippen molar-refractivity contribution in [3.8, 4) is 0 Å². The molecule has 5 rings (SSSR count). The van der Waals surface area contributed by atoms with Gasteiger partial charge in [0.15, 0.2) is 0 Å². The van der Waals surface area contributed by atoms with Crippen molar-refractivity contribution in [2.75, 3.05) is 0 Å². The van der Waals surface area contributed by atoms with Crippen molar-refractivity contribution in [2.24, 2.45) is 0 Å². The first-order chi connectivity index (χ1) is 16.0. The van der Waals surface area contributed by atoms with Crippen LogP contribution in [0.1, 0.15) is 27.3 Å². The van der Waals surface area contributed by atoms with Gasteiger partial charge >= 0.3 is 0 Å². The zero-order valence-electron chi connectivity index (χ0n) is 17.1. The van der Waals surface area contributed by atoms with Crippen LogP contribution in [0, 0.1) is 0 Å². The maximum absolute atomic E-state index is 13.6. The summed E-state index contributed by atoms with van der Waals surface area (Å²) in [5.74, 6) is -0.429. The molecule has 2 aromatic carbocycles. The van der Waals surface area contributed by atoms with Crippen LogP contribution in [0.5, 0.6) is 0 Å². The minimum absolute atomic E-state index is 0.0768. The molecular formula is C23H17Cl2FN6O. The Hall–Kier alpha value is -3.49. The maximum atomic E-state index is 13.6. The Morgan fingerprint density at radius 1 is 1.09 bits per heavy atom. The molecule has 166 valence electrons. The number of hydrogen-bond donors (Lipinski definition) is 2. The highest BCUT2D eigenvalue weighted by Gasteiger charge is 2.17. The standard InChI is InChI=1S/C23H17Cl2FN6O/c24-15-2-4-20-17(7-15)22(30-29-20)10-28-23(33)18-12-32(31-21(18)8-26)11-13-1-3-19-14(5-13)6-16(25)9-27-19/h1-7,9,12H,8,10-11H2,(H,28,33)(H,29,30). The smallest absolute Gasteiger partial charge is 0.255 e.